The Labute approximate surface area is 124 Å². The average molecular weight is 286 g/mol. The Bertz CT molecular complexity index is 535. The largest absolute Gasteiger partial charge is 0.332 e. The number of fused-ring (bicyclic) bond motifs is 1. The van der Waals surface area contributed by atoms with Gasteiger partial charge in [-0.15, -0.1) is 6.58 Å². The van der Waals surface area contributed by atoms with Gasteiger partial charge in [-0.1, -0.05) is 55.1 Å². The van der Waals surface area contributed by atoms with Gasteiger partial charge in [0, 0.05) is 11.1 Å². The second-order valence-electron chi connectivity index (χ2n) is 7.37. The summed E-state index contributed by atoms with van der Waals surface area (Å²) in [5.41, 5.74) is 5.13. The Morgan fingerprint density at radius 1 is 1.25 bits per heavy atom. The van der Waals surface area contributed by atoms with E-state index in [4.69, 9.17) is 0 Å². The molecule has 0 radical (unpaired) electrons. The molecule has 2 rings (SSSR count). The molecule has 1 aliphatic carbocycles. The van der Waals surface area contributed by atoms with Gasteiger partial charge >= 0.3 is 0 Å². The highest BCUT2D eigenvalue weighted by molar-refractivity contribution is 6.77. The number of hydrogen-bond donors (Lipinski definition) is 1. The molecule has 0 saturated heterocycles. The molecule has 2 heteroatoms. The molecule has 1 unspecified atom stereocenters. The smallest absolute Gasteiger partial charge is 0.131 e. The average Bonchev–Trinajstić information content (AvgIpc) is 2.64. The normalized spacial score (nSPS) is 18.6. The Kier molecular flexibility index (Phi) is 4.08. The second-order valence-corrected chi connectivity index (χ2v) is 11.6. The van der Waals surface area contributed by atoms with E-state index in [1.54, 1.807) is 0 Å². The fourth-order valence-electron chi connectivity index (χ4n) is 3.62. The van der Waals surface area contributed by atoms with Gasteiger partial charge in [0.25, 0.3) is 0 Å². The van der Waals surface area contributed by atoms with Crippen molar-refractivity contribution in [1.82, 2.24) is 4.98 Å². The van der Waals surface area contributed by atoms with Crippen LogP contribution in [0.1, 0.15) is 43.9 Å². The first-order valence-electron chi connectivity index (χ1n) is 7.44. The molecular formula is C18H27NSi. The quantitative estimate of drug-likeness (QED) is 0.614. The molecule has 1 aliphatic rings. The number of nitrogens with one attached hydrogen (secondary N) is 1. The van der Waals surface area contributed by atoms with Gasteiger partial charge in [0.2, 0.25) is 0 Å². The van der Waals surface area contributed by atoms with E-state index < -0.39 is 8.24 Å². The van der Waals surface area contributed by atoms with Gasteiger partial charge in [-0.3, -0.25) is 0 Å². The van der Waals surface area contributed by atoms with Crippen molar-refractivity contribution in [2.45, 2.75) is 51.4 Å². The predicted molar refractivity (Wildman–Crippen MR) is 92.3 cm³/mol. The zero-order chi connectivity index (χ0) is 15.0. The summed E-state index contributed by atoms with van der Waals surface area (Å²) in [6.07, 6.45) is 5.40. The molecule has 1 nitrogen and oxygen atoms in total. The molecule has 108 valence electrons. The maximum atomic E-state index is 3.93. The molecule has 0 bridgehead atoms. The predicted octanol–water partition coefficient (Wildman–Crippen LogP) is 4.88. The Morgan fingerprint density at radius 2 is 1.90 bits per heavy atom. The summed E-state index contributed by atoms with van der Waals surface area (Å²) in [4.78, 5) is 3.93. The number of rotatable bonds is 4. The maximum absolute atomic E-state index is 3.93. The van der Waals surface area contributed by atoms with Gasteiger partial charge in [-0.25, -0.2) is 0 Å². The molecule has 20 heavy (non-hydrogen) atoms. The summed E-state index contributed by atoms with van der Waals surface area (Å²) < 4.78 is 0. The van der Waals surface area contributed by atoms with Crippen LogP contribution in [0.25, 0.3) is 6.08 Å². The van der Waals surface area contributed by atoms with Crippen LogP contribution >= 0.6 is 0 Å². The Hall–Kier alpha value is -1.12. The number of allylic oxidation sites excluding steroid dienone is 2. The van der Waals surface area contributed by atoms with E-state index in [0.717, 1.165) is 6.42 Å². The molecule has 1 atom stereocenters. The molecule has 0 amide bonds. The molecule has 0 aliphatic heterocycles. The molecule has 0 saturated carbocycles. The molecule has 0 aromatic heterocycles. The van der Waals surface area contributed by atoms with Crippen molar-refractivity contribution in [3.8, 4) is 0 Å². The van der Waals surface area contributed by atoms with E-state index in [1.807, 2.05) is 6.08 Å². The summed E-state index contributed by atoms with van der Waals surface area (Å²) >= 11 is 0. The van der Waals surface area contributed by atoms with Crippen molar-refractivity contribution < 1.29 is 0 Å². The lowest BCUT2D eigenvalue weighted by Crippen LogP contribution is -2.58. The van der Waals surface area contributed by atoms with E-state index in [1.165, 1.54) is 16.7 Å². The second kappa shape index (κ2) is 5.34. The van der Waals surface area contributed by atoms with Crippen LogP contribution < -0.4 is 4.98 Å². The lowest BCUT2D eigenvalue weighted by molar-refractivity contribution is 0.508. The first kappa shape index (κ1) is 15.3. The van der Waals surface area contributed by atoms with Crippen molar-refractivity contribution in [2.75, 3.05) is 0 Å². The van der Waals surface area contributed by atoms with Crippen LogP contribution in [-0.2, 0) is 0 Å². The van der Waals surface area contributed by atoms with Crippen LogP contribution in [0.3, 0.4) is 0 Å². The van der Waals surface area contributed by atoms with E-state index in [0.29, 0.717) is 5.54 Å². The van der Waals surface area contributed by atoms with Crippen molar-refractivity contribution in [2.24, 2.45) is 0 Å². The van der Waals surface area contributed by atoms with E-state index in [9.17, 15) is 0 Å². The van der Waals surface area contributed by atoms with E-state index in [2.05, 4.69) is 75.8 Å². The van der Waals surface area contributed by atoms with Crippen LogP contribution in [-0.4, -0.2) is 13.8 Å². The minimum atomic E-state index is -1.62. The molecule has 1 aromatic rings. The molecule has 1 aromatic carbocycles. The van der Waals surface area contributed by atoms with Crippen molar-refractivity contribution >= 4 is 14.3 Å². The third-order valence-electron chi connectivity index (χ3n) is 3.82. The first-order valence-corrected chi connectivity index (χ1v) is 10.5. The van der Waals surface area contributed by atoms with Gasteiger partial charge in [0.15, 0.2) is 0 Å². The third-order valence-corrected chi connectivity index (χ3v) is 7.34. The van der Waals surface area contributed by atoms with E-state index in [-0.39, 0.29) is 5.54 Å². The summed E-state index contributed by atoms with van der Waals surface area (Å²) in [7, 11) is -1.62. The first-order chi connectivity index (χ1) is 9.24. The standard InChI is InChI=1S/C18H27NSi/c1-7-10-15-13-14-11-8-9-12-16(14)17(15)20(5,6)19-18(2,3)4/h7-9,11-13,17,19H,1,10H2,2-6H3. The highest BCUT2D eigenvalue weighted by atomic mass is 28.3. The fourth-order valence-corrected chi connectivity index (χ4v) is 7.87. The van der Waals surface area contributed by atoms with E-state index >= 15 is 0 Å². The summed E-state index contributed by atoms with van der Waals surface area (Å²) in [6, 6.07) is 8.83. The lowest BCUT2D eigenvalue weighted by atomic mass is 10.1. The minimum Gasteiger partial charge on any atom is -0.332 e. The van der Waals surface area contributed by atoms with Crippen molar-refractivity contribution in [3.05, 3.63) is 53.6 Å². The van der Waals surface area contributed by atoms with Crippen LogP contribution in [0.15, 0.2) is 42.5 Å². The van der Waals surface area contributed by atoms with Gasteiger partial charge in [-0.05, 0) is 38.3 Å². The number of benzene rings is 1. The van der Waals surface area contributed by atoms with Crippen LogP contribution in [0.5, 0.6) is 0 Å². The molecular weight excluding hydrogens is 258 g/mol. The number of hydrogen-bond acceptors (Lipinski definition) is 1. The monoisotopic (exact) mass is 285 g/mol. The van der Waals surface area contributed by atoms with Gasteiger partial charge in [0.1, 0.15) is 8.24 Å². The minimum absolute atomic E-state index is 0.159. The highest BCUT2D eigenvalue weighted by Gasteiger charge is 2.40. The van der Waals surface area contributed by atoms with Crippen molar-refractivity contribution in [1.29, 1.82) is 0 Å². The fraction of sp³-hybridized carbons (Fsp3) is 0.444. The molecule has 0 heterocycles. The zero-order valence-corrected chi connectivity index (χ0v) is 14.5. The lowest BCUT2D eigenvalue weighted by Gasteiger charge is -2.39. The molecule has 0 fully saturated rings. The van der Waals surface area contributed by atoms with Crippen LogP contribution in [0, 0.1) is 0 Å². The summed E-state index contributed by atoms with van der Waals surface area (Å²) in [5, 5.41) is 0. The summed E-state index contributed by atoms with van der Waals surface area (Å²) in [5.74, 6) is 0. The van der Waals surface area contributed by atoms with Crippen molar-refractivity contribution in [3.63, 3.8) is 0 Å². The van der Waals surface area contributed by atoms with Gasteiger partial charge in [-0.2, -0.15) is 0 Å². The third kappa shape index (κ3) is 3.13. The van der Waals surface area contributed by atoms with Gasteiger partial charge < -0.3 is 4.98 Å². The summed E-state index contributed by atoms with van der Waals surface area (Å²) in [6.45, 7) is 15.6. The topological polar surface area (TPSA) is 12.0 Å². The molecule has 0 spiro atoms. The Morgan fingerprint density at radius 3 is 2.50 bits per heavy atom. The van der Waals surface area contributed by atoms with Crippen LogP contribution in [0.2, 0.25) is 13.1 Å². The highest BCUT2D eigenvalue weighted by Crippen LogP contribution is 2.43. The maximum Gasteiger partial charge on any atom is 0.131 e. The molecule has 1 N–H and O–H groups in total. The Balaban J connectivity index is 2.42. The SMILES string of the molecule is C=CCC1=Cc2ccccc2C1[Si](C)(C)NC(C)(C)C. The zero-order valence-electron chi connectivity index (χ0n) is 13.5. The van der Waals surface area contributed by atoms with Gasteiger partial charge in [0.05, 0.1) is 0 Å². The van der Waals surface area contributed by atoms with Crippen LogP contribution in [0.4, 0.5) is 0 Å².